The molecule has 0 aromatic carbocycles. The third kappa shape index (κ3) is 2.03. The highest BCUT2D eigenvalue weighted by Gasteiger charge is 2.42. The quantitative estimate of drug-likeness (QED) is 0.799. The Hall–Kier alpha value is -0.940. The number of carbonyl (C=O) groups excluding carboxylic acids is 1. The van der Waals surface area contributed by atoms with Gasteiger partial charge in [-0.15, -0.1) is 11.3 Å². The molecule has 0 atom stereocenters. The van der Waals surface area contributed by atoms with E-state index in [1.54, 1.807) is 23.0 Å². The summed E-state index contributed by atoms with van der Waals surface area (Å²) in [7, 11) is 0. The van der Waals surface area contributed by atoms with Crippen LogP contribution in [0.15, 0.2) is 11.7 Å². The smallest absolute Gasteiger partial charge is 0.227 e. The molecule has 0 radical (unpaired) electrons. The van der Waals surface area contributed by atoms with Crippen molar-refractivity contribution >= 4 is 17.2 Å². The minimum Gasteiger partial charge on any atom is -0.351 e. The largest absolute Gasteiger partial charge is 0.351 e. The van der Waals surface area contributed by atoms with Crippen LogP contribution in [0.4, 0.5) is 0 Å². The summed E-state index contributed by atoms with van der Waals surface area (Å²) in [6.07, 6.45) is 4.75. The van der Waals surface area contributed by atoms with Gasteiger partial charge in [0.05, 0.1) is 17.5 Å². The molecule has 1 aliphatic rings. The van der Waals surface area contributed by atoms with Crippen molar-refractivity contribution < 1.29 is 4.79 Å². The normalized spacial score (nSPS) is 18.2. The lowest BCUT2D eigenvalue weighted by atomic mass is 9.68. The molecule has 1 aromatic rings. The first-order chi connectivity index (χ1) is 7.27. The molecule has 0 aliphatic heterocycles. The van der Waals surface area contributed by atoms with Gasteiger partial charge in [0.2, 0.25) is 5.91 Å². The van der Waals surface area contributed by atoms with E-state index in [9.17, 15) is 4.79 Å². The summed E-state index contributed by atoms with van der Waals surface area (Å²) in [5, 5.41) is 2.93. The molecule has 3 N–H and O–H groups in total. The molecule has 1 aromatic heterocycles. The molecule has 15 heavy (non-hydrogen) atoms. The molecule has 0 unspecified atom stereocenters. The van der Waals surface area contributed by atoms with E-state index in [0.717, 1.165) is 24.1 Å². The third-order valence-corrected chi connectivity index (χ3v) is 3.87. The number of aromatic nitrogens is 1. The van der Waals surface area contributed by atoms with Crippen LogP contribution in [-0.4, -0.2) is 17.4 Å². The average molecular weight is 225 g/mol. The van der Waals surface area contributed by atoms with Crippen molar-refractivity contribution in [2.24, 2.45) is 11.1 Å². The van der Waals surface area contributed by atoms with Gasteiger partial charge in [-0.1, -0.05) is 6.42 Å². The number of nitrogens with two attached hydrogens (primary N) is 1. The van der Waals surface area contributed by atoms with Crippen LogP contribution in [0.25, 0.3) is 0 Å². The zero-order valence-corrected chi connectivity index (χ0v) is 9.35. The van der Waals surface area contributed by atoms with Gasteiger partial charge in [0, 0.05) is 17.6 Å². The summed E-state index contributed by atoms with van der Waals surface area (Å²) in [6, 6.07) is 0. The van der Waals surface area contributed by atoms with E-state index in [4.69, 9.17) is 5.73 Å². The molecule has 1 saturated carbocycles. The lowest BCUT2D eigenvalue weighted by molar-refractivity contribution is -0.135. The van der Waals surface area contributed by atoms with Gasteiger partial charge >= 0.3 is 0 Å². The van der Waals surface area contributed by atoms with Crippen LogP contribution in [0.5, 0.6) is 0 Å². The van der Waals surface area contributed by atoms with Gasteiger partial charge in [-0.25, -0.2) is 0 Å². The van der Waals surface area contributed by atoms with Crippen LogP contribution in [-0.2, 0) is 11.3 Å². The molecule has 1 aliphatic carbocycles. The molecular formula is C10H15N3OS. The van der Waals surface area contributed by atoms with Gasteiger partial charge in [-0.05, 0) is 12.8 Å². The zero-order valence-electron chi connectivity index (χ0n) is 8.53. The predicted octanol–water partition coefficient (Wildman–Crippen LogP) is 0.888. The van der Waals surface area contributed by atoms with Gasteiger partial charge in [-0.3, -0.25) is 9.78 Å². The number of nitrogens with zero attached hydrogens (tertiary/aromatic N) is 1. The van der Waals surface area contributed by atoms with Gasteiger partial charge in [0.15, 0.2) is 0 Å². The molecule has 1 amide bonds. The highest BCUT2D eigenvalue weighted by molar-refractivity contribution is 7.09. The zero-order chi connectivity index (χ0) is 10.7. The summed E-state index contributed by atoms with van der Waals surface area (Å²) in [4.78, 5) is 16.9. The van der Waals surface area contributed by atoms with Crippen LogP contribution in [0.1, 0.15) is 24.1 Å². The first-order valence-corrected chi connectivity index (χ1v) is 6.00. The summed E-state index contributed by atoms with van der Waals surface area (Å²) in [5.41, 5.74) is 7.14. The first kappa shape index (κ1) is 10.6. The van der Waals surface area contributed by atoms with E-state index in [0.29, 0.717) is 13.1 Å². The second kappa shape index (κ2) is 4.28. The molecule has 0 spiro atoms. The molecule has 82 valence electrons. The summed E-state index contributed by atoms with van der Waals surface area (Å²) in [5.74, 6) is 0.102. The van der Waals surface area contributed by atoms with Crippen LogP contribution in [0, 0.1) is 5.41 Å². The Morgan fingerprint density at radius 3 is 2.93 bits per heavy atom. The number of hydrogen-bond acceptors (Lipinski definition) is 4. The van der Waals surface area contributed by atoms with E-state index in [2.05, 4.69) is 10.3 Å². The minimum atomic E-state index is -0.273. The Labute approximate surface area is 92.9 Å². The van der Waals surface area contributed by atoms with E-state index in [-0.39, 0.29) is 11.3 Å². The van der Waals surface area contributed by atoms with Crippen LogP contribution < -0.4 is 11.1 Å². The van der Waals surface area contributed by atoms with Crippen molar-refractivity contribution in [3.63, 3.8) is 0 Å². The fourth-order valence-electron chi connectivity index (χ4n) is 1.81. The molecule has 0 saturated heterocycles. The monoisotopic (exact) mass is 225 g/mol. The maximum atomic E-state index is 11.9. The lowest BCUT2D eigenvalue weighted by Crippen LogP contribution is -2.50. The first-order valence-electron chi connectivity index (χ1n) is 5.13. The van der Waals surface area contributed by atoms with Crippen molar-refractivity contribution in [2.75, 3.05) is 6.54 Å². The standard InChI is InChI=1S/C10H15N3OS/c11-6-10(2-1-3-10)9(14)13-5-8-4-12-7-15-8/h4,7H,1-3,5-6,11H2,(H,13,14). The number of nitrogens with one attached hydrogen (secondary N) is 1. The Morgan fingerprint density at radius 1 is 1.67 bits per heavy atom. The van der Waals surface area contributed by atoms with Crippen molar-refractivity contribution in [2.45, 2.75) is 25.8 Å². The molecule has 5 heteroatoms. The fraction of sp³-hybridized carbons (Fsp3) is 0.600. The van der Waals surface area contributed by atoms with Crippen molar-refractivity contribution in [1.82, 2.24) is 10.3 Å². The number of hydrogen-bond donors (Lipinski definition) is 2. The van der Waals surface area contributed by atoms with E-state index < -0.39 is 0 Å². The second-order valence-corrected chi connectivity index (χ2v) is 4.96. The number of rotatable bonds is 4. The Bertz CT molecular complexity index is 327. The summed E-state index contributed by atoms with van der Waals surface area (Å²) >= 11 is 1.55. The predicted molar refractivity (Wildman–Crippen MR) is 59.3 cm³/mol. The van der Waals surface area contributed by atoms with E-state index in [1.165, 1.54) is 0 Å². The molecule has 1 fully saturated rings. The van der Waals surface area contributed by atoms with Crippen molar-refractivity contribution in [3.05, 3.63) is 16.6 Å². The number of thiazole rings is 1. The van der Waals surface area contributed by atoms with Gasteiger partial charge in [0.1, 0.15) is 0 Å². The maximum Gasteiger partial charge on any atom is 0.227 e. The molecule has 2 rings (SSSR count). The van der Waals surface area contributed by atoms with Gasteiger partial charge in [-0.2, -0.15) is 0 Å². The second-order valence-electron chi connectivity index (χ2n) is 3.99. The van der Waals surface area contributed by atoms with E-state index >= 15 is 0 Å². The highest BCUT2D eigenvalue weighted by atomic mass is 32.1. The maximum absolute atomic E-state index is 11.9. The van der Waals surface area contributed by atoms with Crippen LogP contribution >= 0.6 is 11.3 Å². The van der Waals surface area contributed by atoms with E-state index in [1.807, 2.05) is 0 Å². The Balaban J connectivity index is 1.87. The fourth-order valence-corrected chi connectivity index (χ4v) is 2.35. The molecule has 4 nitrogen and oxygen atoms in total. The number of carbonyl (C=O) groups is 1. The lowest BCUT2D eigenvalue weighted by Gasteiger charge is -2.39. The minimum absolute atomic E-state index is 0.102. The Morgan fingerprint density at radius 2 is 2.47 bits per heavy atom. The molecule has 0 bridgehead atoms. The molecular weight excluding hydrogens is 210 g/mol. The summed E-state index contributed by atoms with van der Waals surface area (Å²) < 4.78 is 0. The average Bonchev–Trinajstić information content (AvgIpc) is 2.66. The summed E-state index contributed by atoms with van der Waals surface area (Å²) in [6.45, 7) is 1.03. The van der Waals surface area contributed by atoms with Gasteiger partial charge in [0.25, 0.3) is 0 Å². The highest BCUT2D eigenvalue weighted by Crippen LogP contribution is 2.40. The van der Waals surface area contributed by atoms with Crippen molar-refractivity contribution in [3.8, 4) is 0 Å². The van der Waals surface area contributed by atoms with Crippen LogP contribution in [0.3, 0.4) is 0 Å². The topological polar surface area (TPSA) is 68.0 Å². The number of amides is 1. The van der Waals surface area contributed by atoms with Crippen molar-refractivity contribution in [1.29, 1.82) is 0 Å². The van der Waals surface area contributed by atoms with Gasteiger partial charge < -0.3 is 11.1 Å². The Kier molecular flexibility index (Phi) is 3.02. The SMILES string of the molecule is NCC1(C(=O)NCc2cncs2)CCC1. The van der Waals surface area contributed by atoms with Crippen LogP contribution in [0.2, 0.25) is 0 Å². The molecule has 1 heterocycles. The third-order valence-electron chi connectivity index (χ3n) is 3.09.